The van der Waals surface area contributed by atoms with Crippen molar-refractivity contribution in [1.29, 1.82) is 0 Å². The minimum atomic E-state index is -0.277. The molecule has 0 unspecified atom stereocenters. The third-order valence-corrected chi connectivity index (χ3v) is 4.25. The van der Waals surface area contributed by atoms with E-state index in [-0.39, 0.29) is 11.8 Å². The fourth-order valence-electron chi connectivity index (χ4n) is 2.91. The molecule has 0 aromatic carbocycles. The summed E-state index contributed by atoms with van der Waals surface area (Å²) in [7, 11) is 1.86. The lowest BCUT2D eigenvalue weighted by Crippen LogP contribution is -2.43. The number of imide groups is 1. The van der Waals surface area contributed by atoms with Gasteiger partial charge in [0.1, 0.15) is 0 Å². The van der Waals surface area contributed by atoms with Crippen molar-refractivity contribution in [3.05, 3.63) is 72.0 Å². The highest BCUT2D eigenvalue weighted by Crippen LogP contribution is 2.31. The summed E-state index contributed by atoms with van der Waals surface area (Å²) in [4.78, 5) is 27.1. The van der Waals surface area contributed by atoms with Crippen LogP contribution < -0.4 is 5.32 Å². The Morgan fingerprint density at radius 2 is 1.85 bits per heavy atom. The molecule has 0 spiro atoms. The van der Waals surface area contributed by atoms with Gasteiger partial charge in [-0.05, 0) is 44.8 Å². The molecule has 1 rings (SSSR count). The monoisotopic (exact) mass is 354 g/mol. The molecule has 4 nitrogen and oxygen atoms in total. The highest BCUT2D eigenvalue weighted by molar-refractivity contribution is 6.18. The van der Waals surface area contributed by atoms with Gasteiger partial charge in [-0.2, -0.15) is 0 Å². The molecule has 1 aliphatic rings. The number of amides is 2. The predicted octanol–water partition coefficient (Wildman–Crippen LogP) is 4.21. The fraction of sp³-hybridized carbons (Fsp3) is 0.364. The molecule has 1 heterocycles. The van der Waals surface area contributed by atoms with E-state index in [1.807, 2.05) is 14.0 Å². The molecule has 0 saturated carbocycles. The van der Waals surface area contributed by atoms with Crippen LogP contribution in [0.15, 0.2) is 72.0 Å². The second kappa shape index (κ2) is 10.4. The molecule has 1 aliphatic heterocycles. The second-order valence-corrected chi connectivity index (χ2v) is 6.31. The van der Waals surface area contributed by atoms with Gasteiger partial charge in [-0.15, -0.1) is 0 Å². The Morgan fingerprint density at radius 3 is 2.38 bits per heavy atom. The Bertz CT molecular complexity index is 693. The van der Waals surface area contributed by atoms with Crippen LogP contribution in [0.25, 0.3) is 0 Å². The molecule has 4 heteroatoms. The average molecular weight is 354 g/mol. The lowest BCUT2D eigenvalue weighted by Gasteiger charge is -2.30. The van der Waals surface area contributed by atoms with Gasteiger partial charge in [0.15, 0.2) is 0 Å². The highest BCUT2D eigenvalue weighted by atomic mass is 16.2. The van der Waals surface area contributed by atoms with Crippen molar-refractivity contribution in [2.45, 2.75) is 39.5 Å². The molecule has 0 radical (unpaired) electrons. The SMILES string of the molecule is C=C/C=C1/C(=O)N(CCCCCC(=C)NC)C(=O)C(/C=C\C)=C1C(=C)C. The Hall–Kier alpha value is -2.62. The molecular formula is C22H30N2O2. The van der Waals surface area contributed by atoms with Crippen LogP contribution in [0.3, 0.4) is 0 Å². The van der Waals surface area contributed by atoms with Crippen LogP contribution >= 0.6 is 0 Å². The first-order valence-corrected chi connectivity index (χ1v) is 8.96. The van der Waals surface area contributed by atoms with E-state index in [4.69, 9.17) is 0 Å². The minimum absolute atomic E-state index is 0.257. The van der Waals surface area contributed by atoms with Crippen LogP contribution in [0.4, 0.5) is 0 Å². The molecule has 0 atom stereocenters. The number of allylic oxidation sites excluding steroid dienone is 5. The zero-order valence-corrected chi connectivity index (χ0v) is 16.2. The first kappa shape index (κ1) is 21.4. The lowest BCUT2D eigenvalue weighted by atomic mass is 9.88. The van der Waals surface area contributed by atoms with Crippen LogP contribution in [-0.2, 0) is 9.59 Å². The van der Waals surface area contributed by atoms with Gasteiger partial charge < -0.3 is 5.32 Å². The average Bonchev–Trinajstić information content (AvgIpc) is 2.60. The molecule has 1 N–H and O–H groups in total. The Kier molecular flexibility index (Phi) is 8.56. The summed E-state index contributed by atoms with van der Waals surface area (Å²) in [6, 6.07) is 0. The van der Waals surface area contributed by atoms with Gasteiger partial charge in [-0.3, -0.25) is 14.5 Å². The van der Waals surface area contributed by atoms with E-state index >= 15 is 0 Å². The van der Waals surface area contributed by atoms with Crippen LogP contribution in [0.5, 0.6) is 0 Å². The van der Waals surface area contributed by atoms with Crippen LogP contribution in [0.2, 0.25) is 0 Å². The zero-order chi connectivity index (χ0) is 19.7. The minimum Gasteiger partial charge on any atom is -0.392 e. The molecular weight excluding hydrogens is 324 g/mol. The summed E-state index contributed by atoms with van der Waals surface area (Å²) in [5, 5.41) is 3.02. The second-order valence-electron chi connectivity index (χ2n) is 6.31. The summed E-state index contributed by atoms with van der Waals surface area (Å²) in [6.07, 6.45) is 10.3. The Morgan fingerprint density at radius 1 is 1.15 bits per heavy atom. The topological polar surface area (TPSA) is 49.4 Å². The van der Waals surface area contributed by atoms with Crippen LogP contribution in [-0.4, -0.2) is 30.3 Å². The maximum Gasteiger partial charge on any atom is 0.261 e. The van der Waals surface area contributed by atoms with Crippen molar-refractivity contribution < 1.29 is 9.59 Å². The van der Waals surface area contributed by atoms with E-state index in [9.17, 15) is 9.59 Å². The normalized spacial score (nSPS) is 16.6. The van der Waals surface area contributed by atoms with Crippen molar-refractivity contribution in [3.8, 4) is 0 Å². The van der Waals surface area contributed by atoms with Gasteiger partial charge in [-0.1, -0.05) is 44.4 Å². The van der Waals surface area contributed by atoms with Crippen molar-refractivity contribution >= 4 is 11.8 Å². The number of hydrogen-bond donors (Lipinski definition) is 1. The molecule has 0 fully saturated rings. The quantitative estimate of drug-likeness (QED) is 0.363. The molecule has 0 bridgehead atoms. The molecule has 0 aromatic rings. The van der Waals surface area contributed by atoms with E-state index in [1.165, 1.54) is 4.90 Å². The van der Waals surface area contributed by atoms with Gasteiger partial charge >= 0.3 is 0 Å². The number of hydrogen-bond acceptors (Lipinski definition) is 3. The third kappa shape index (κ3) is 5.19. The van der Waals surface area contributed by atoms with E-state index in [1.54, 1.807) is 31.2 Å². The maximum atomic E-state index is 12.9. The smallest absolute Gasteiger partial charge is 0.261 e. The first-order chi connectivity index (χ1) is 12.4. The zero-order valence-electron chi connectivity index (χ0n) is 16.2. The maximum absolute atomic E-state index is 12.9. The molecule has 26 heavy (non-hydrogen) atoms. The number of rotatable bonds is 10. The van der Waals surface area contributed by atoms with E-state index in [2.05, 4.69) is 25.1 Å². The van der Waals surface area contributed by atoms with Crippen LogP contribution in [0.1, 0.15) is 39.5 Å². The standard InChI is InChI=1S/C22H30N2O2/c1-7-12-18-20(16(3)4)19(13-8-2)22(26)24(21(18)25)15-11-9-10-14-17(5)23-6/h7-8,12-13,23H,1,3,5,9-11,14-15H2,2,4,6H3/b13-8-,18-12+. The first-order valence-electron chi connectivity index (χ1n) is 8.96. The molecule has 0 saturated heterocycles. The molecule has 0 aromatic heterocycles. The van der Waals surface area contributed by atoms with Gasteiger partial charge in [-0.25, -0.2) is 0 Å². The van der Waals surface area contributed by atoms with Crippen molar-refractivity contribution in [2.75, 3.05) is 13.6 Å². The predicted molar refractivity (Wildman–Crippen MR) is 108 cm³/mol. The van der Waals surface area contributed by atoms with Gasteiger partial charge in [0.05, 0.1) is 0 Å². The highest BCUT2D eigenvalue weighted by Gasteiger charge is 2.35. The number of nitrogens with zero attached hydrogens (tertiary/aromatic N) is 1. The fourth-order valence-corrected chi connectivity index (χ4v) is 2.91. The summed E-state index contributed by atoms with van der Waals surface area (Å²) in [5.74, 6) is -0.535. The lowest BCUT2D eigenvalue weighted by molar-refractivity contribution is -0.140. The third-order valence-electron chi connectivity index (χ3n) is 4.25. The summed E-state index contributed by atoms with van der Waals surface area (Å²) < 4.78 is 0. The summed E-state index contributed by atoms with van der Waals surface area (Å²) in [6.45, 7) is 15.6. The van der Waals surface area contributed by atoms with Crippen molar-refractivity contribution in [2.24, 2.45) is 0 Å². The number of unbranched alkanes of at least 4 members (excludes halogenated alkanes) is 2. The Balaban J connectivity index is 3.02. The molecule has 0 aliphatic carbocycles. The van der Waals surface area contributed by atoms with E-state index < -0.39 is 0 Å². The number of nitrogens with one attached hydrogen (secondary N) is 1. The van der Waals surface area contributed by atoms with Gasteiger partial charge in [0.25, 0.3) is 11.8 Å². The van der Waals surface area contributed by atoms with Gasteiger partial charge in [0.2, 0.25) is 0 Å². The number of carbonyl (C=O) groups is 2. The summed E-state index contributed by atoms with van der Waals surface area (Å²) in [5.41, 5.74) is 3.29. The molecule has 140 valence electrons. The van der Waals surface area contributed by atoms with E-state index in [0.717, 1.165) is 31.4 Å². The van der Waals surface area contributed by atoms with Crippen LogP contribution in [0, 0.1) is 0 Å². The molecule has 2 amide bonds. The summed E-state index contributed by atoms with van der Waals surface area (Å²) >= 11 is 0. The largest absolute Gasteiger partial charge is 0.392 e. The number of carbonyl (C=O) groups excluding carboxylic acids is 2. The van der Waals surface area contributed by atoms with Crippen molar-refractivity contribution in [3.63, 3.8) is 0 Å². The van der Waals surface area contributed by atoms with Crippen molar-refractivity contribution in [1.82, 2.24) is 10.2 Å². The Labute approximate surface area is 157 Å². The van der Waals surface area contributed by atoms with E-state index in [0.29, 0.717) is 28.8 Å². The van der Waals surface area contributed by atoms with Gasteiger partial charge in [0, 0.05) is 36.0 Å².